The van der Waals surface area contributed by atoms with E-state index in [2.05, 4.69) is 20.6 Å². The molecular weight excluding hydrogens is 252 g/mol. The highest BCUT2D eigenvalue weighted by atomic mass is 16.5. The van der Waals surface area contributed by atoms with Crippen molar-refractivity contribution in [3.63, 3.8) is 0 Å². The molecule has 0 bridgehead atoms. The quantitative estimate of drug-likeness (QED) is 0.829. The van der Waals surface area contributed by atoms with Gasteiger partial charge in [-0.1, -0.05) is 6.42 Å². The Kier molecular flexibility index (Phi) is 4.27. The van der Waals surface area contributed by atoms with E-state index in [1.165, 1.54) is 19.3 Å². The van der Waals surface area contributed by atoms with Crippen molar-refractivity contribution in [2.24, 2.45) is 17.6 Å². The van der Waals surface area contributed by atoms with Crippen LogP contribution in [0.5, 0.6) is 0 Å². The summed E-state index contributed by atoms with van der Waals surface area (Å²) in [7, 11) is 1.75. The number of hydrogen-bond donors (Lipinski definition) is 1. The largest absolute Gasteiger partial charge is 0.385 e. The second-order valence-corrected chi connectivity index (χ2v) is 6.19. The van der Waals surface area contributed by atoms with Crippen LogP contribution in [-0.2, 0) is 11.3 Å². The maximum Gasteiger partial charge on any atom is 0.205 e. The van der Waals surface area contributed by atoms with Gasteiger partial charge in [-0.05, 0) is 31.1 Å². The maximum atomic E-state index is 6.30. The molecule has 20 heavy (non-hydrogen) atoms. The minimum atomic E-state index is 0.385. The van der Waals surface area contributed by atoms with Gasteiger partial charge in [-0.3, -0.25) is 0 Å². The lowest BCUT2D eigenvalue weighted by molar-refractivity contribution is 0.190. The van der Waals surface area contributed by atoms with Crippen molar-refractivity contribution in [3.8, 4) is 0 Å². The Balaban J connectivity index is 1.66. The van der Waals surface area contributed by atoms with Crippen LogP contribution in [0.25, 0.3) is 0 Å². The van der Waals surface area contributed by atoms with Crippen LogP contribution in [0.15, 0.2) is 12.4 Å². The summed E-state index contributed by atoms with van der Waals surface area (Å²) < 4.78 is 7.38. The van der Waals surface area contributed by atoms with Gasteiger partial charge >= 0.3 is 0 Å². The van der Waals surface area contributed by atoms with Crippen molar-refractivity contribution in [1.29, 1.82) is 0 Å². The number of methoxy groups -OCH3 is 1. The molecule has 0 aromatic carbocycles. The van der Waals surface area contributed by atoms with Crippen LogP contribution in [0.3, 0.4) is 0 Å². The minimum absolute atomic E-state index is 0.385. The molecule has 2 heterocycles. The predicted molar refractivity (Wildman–Crippen MR) is 79.7 cm³/mol. The fourth-order valence-electron chi connectivity index (χ4n) is 3.82. The van der Waals surface area contributed by atoms with Gasteiger partial charge in [0.1, 0.15) is 0 Å². The molecule has 3 unspecified atom stereocenters. The SMILES string of the molecule is COCCCn1ccnc1N1CC2CCCC(N)C2C1. The highest BCUT2D eigenvalue weighted by Gasteiger charge is 2.39. The fraction of sp³-hybridized carbons (Fsp3) is 0.800. The highest BCUT2D eigenvalue weighted by Crippen LogP contribution is 2.37. The van der Waals surface area contributed by atoms with Crippen LogP contribution in [0.1, 0.15) is 25.7 Å². The summed E-state index contributed by atoms with van der Waals surface area (Å²) >= 11 is 0. The van der Waals surface area contributed by atoms with Gasteiger partial charge in [0.2, 0.25) is 5.95 Å². The zero-order valence-corrected chi connectivity index (χ0v) is 12.4. The van der Waals surface area contributed by atoms with Gasteiger partial charge in [-0.2, -0.15) is 0 Å². The second-order valence-electron chi connectivity index (χ2n) is 6.19. The molecular formula is C15H26N4O. The van der Waals surface area contributed by atoms with Crippen LogP contribution in [0.2, 0.25) is 0 Å². The van der Waals surface area contributed by atoms with Crippen LogP contribution < -0.4 is 10.6 Å². The Hall–Kier alpha value is -1.07. The van der Waals surface area contributed by atoms with Crippen molar-refractivity contribution < 1.29 is 4.74 Å². The van der Waals surface area contributed by atoms with E-state index in [9.17, 15) is 0 Å². The summed E-state index contributed by atoms with van der Waals surface area (Å²) in [6, 6.07) is 0.385. The molecule has 1 saturated carbocycles. The lowest BCUT2D eigenvalue weighted by Crippen LogP contribution is -2.38. The number of aromatic nitrogens is 2. The van der Waals surface area contributed by atoms with Crippen molar-refractivity contribution >= 4 is 5.95 Å². The second kappa shape index (κ2) is 6.14. The summed E-state index contributed by atoms with van der Waals surface area (Å²) in [6.45, 7) is 3.97. The molecule has 1 aromatic rings. The van der Waals surface area contributed by atoms with Gasteiger partial charge in [0, 0.05) is 51.8 Å². The van der Waals surface area contributed by atoms with Crippen LogP contribution >= 0.6 is 0 Å². The van der Waals surface area contributed by atoms with Crippen molar-refractivity contribution in [2.75, 3.05) is 31.7 Å². The topological polar surface area (TPSA) is 56.3 Å². The monoisotopic (exact) mass is 278 g/mol. The normalized spacial score (nSPS) is 29.7. The molecule has 3 atom stereocenters. The Morgan fingerprint density at radius 3 is 3.10 bits per heavy atom. The highest BCUT2D eigenvalue weighted by molar-refractivity contribution is 5.34. The Bertz CT molecular complexity index is 433. The number of hydrogen-bond acceptors (Lipinski definition) is 4. The smallest absolute Gasteiger partial charge is 0.205 e. The van der Waals surface area contributed by atoms with Gasteiger partial charge in [0.15, 0.2) is 0 Å². The van der Waals surface area contributed by atoms with E-state index in [1.807, 2.05) is 6.20 Å². The standard InChI is InChI=1S/C15H26N4O/c1-20-9-3-7-18-8-6-17-15(18)19-10-12-4-2-5-14(16)13(12)11-19/h6,8,12-14H,2-5,7,9-11,16H2,1H3. The number of aryl methyl sites for hydroxylation is 1. The molecule has 0 radical (unpaired) electrons. The first-order valence-electron chi connectivity index (χ1n) is 7.80. The molecule has 1 saturated heterocycles. The predicted octanol–water partition coefficient (Wildman–Crippen LogP) is 1.48. The molecule has 1 aliphatic carbocycles. The molecule has 3 rings (SSSR count). The third-order valence-corrected chi connectivity index (χ3v) is 4.88. The Morgan fingerprint density at radius 1 is 1.40 bits per heavy atom. The van der Waals surface area contributed by atoms with Gasteiger partial charge in [-0.15, -0.1) is 0 Å². The van der Waals surface area contributed by atoms with Crippen LogP contribution in [0, 0.1) is 11.8 Å². The average molecular weight is 278 g/mol. The summed E-state index contributed by atoms with van der Waals surface area (Å²) in [5.74, 6) is 2.54. The van der Waals surface area contributed by atoms with Gasteiger partial charge < -0.3 is 19.9 Å². The molecule has 1 aromatic heterocycles. The van der Waals surface area contributed by atoms with Crippen molar-refractivity contribution in [3.05, 3.63) is 12.4 Å². The van der Waals surface area contributed by atoms with E-state index in [4.69, 9.17) is 10.5 Å². The third-order valence-electron chi connectivity index (χ3n) is 4.88. The lowest BCUT2D eigenvalue weighted by Gasteiger charge is -2.29. The van der Waals surface area contributed by atoms with Crippen LogP contribution in [-0.4, -0.2) is 42.4 Å². The third kappa shape index (κ3) is 2.69. The van der Waals surface area contributed by atoms with Gasteiger partial charge in [0.05, 0.1) is 0 Å². The van der Waals surface area contributed by atoms with Crippen molar-refractivity contribution in [1.82, 2.24) is 9.55 Å². The minimum Gasteiger partial charge on any atom is -0.385 e. The summed E-state index contributed by atoms with van der Waals surface area (Å²) in [4.78, 5) is 7.00. The van der Waals surface area contributed by atoms with E-state index in [0.717, 1.165) is 44.5 Å². The number of ether oxygens (including phenoxy) is 1. The van der Waals surface area contributed by atoms with E-state index in [-0.39, 0.29) is 0 Å². The first-order chi connectivity index (χ1) is 9.79. The van der Waals surface area contributed by atoms with E-state index >= 15 is 0 Å². The average Bonchev–Trinajstić information content (AvgIpc) is 3.05. The molecule has 2 N–H and O–H groups in total. The number of nitrogens with zero attached hydrogens (tertiary/aromatic N) is 3. The molecule has 0 amide bonds. The summed E-state index contributed by atoms with van der Waals surface area (Å²) in [5.41, 5.74) is 6.30. The maximum absolute atomic E-state index is 6.30. The van der Waals surface area contributed by atoms with Crippen LogP contribution in [0.4, 0.5) is 5.95 Å². The Morgan fingerprint density at radius 2 is 2.30 bits per heavy atom. The zero-order valence-electron chi connectivity index (χ0n) is 12.4. The zero-order chi connectivity index (χ0) is 13.9. The number of rotatable bonds is 5. The summed E-state index contributed by atoms with van der Waals surface area (Å²) in [5, 5.41) is 0. The van der Waals surface area contributed by atoms with E-state index in [1.54, 1.807) is 7.11 Å². The molecule has 0 spiro atoms. The Labute approximate surface area is 121 Å². The number of anilines is 1. The first kappa shape index (κ1) is 13.9. The fourth-order valence-corrected chi connectivity index (χ4v) is 3.82. The molecule has 5 nitrogen and oxygen atoms in total. The van der Waals surface area contributed by atoms with Gasteiger partial charge in [-0.25, -0.2) is 4.98 Å². The molecule has 112 valence electrons. The number of imidazole rings is 1. The first-order valence-corrected chi connectivity index (χ1v) is 7.80. The van der Waals surface area contributed by atoms with Crippen molar-refractivity contribution in [2.45, 2.75) is 38.3 Å². The molecule has 1 aliphatic heterocycles. The molecule has 2 fully saturated rings. The molecule has 5 heteroatoms. The van der Waals surface area contributed by atoms with E-state index < -0.39 is 0 Å². The number of fused-ring (bicyclic) bond motifs is 1. The van der Waals surface area contributed by atoms with E-state index in [0.29, 0.717) is 12.0 Å². The number of nitrogens with two attached hydrogens (primary N) is 1. The lowest BCUT2D eigenvalue weighted by atomic mass is 9.78. The summed E-state index contributed by atoms with van der Waals surface area (Å²) in [6.07, 6.45) is 8.83. The molecule has 2 aliphatic rings. The van der Waals surface area contributed by atoms with Gasteiger partial charge in [0.25, 0.3) is 0 Å².